The number of piperazine rings is 1. The zero-order chi connectivity index (χ0) is 30.0. The lowest BCUT2D eigenvalue weighted by Crippen LogP contribution is -2.48. The number of benzene rings is 4. The van der Waals surface area contributed by atoms with Gasteiger partial charge in [0.2, 0.25) is 0 Å². The Bertz CT molecular complexity index is 1700. The summed E-state index contributed by atoms with van der Waals surface area (Å²) in [5.41, 5.74) is 3.35. The smallest absolute Gasteiger partial charge is 0.416 e. The van der Waals surface area contributed by atoms with Crippen molar-refractivity contribution in [2.24, 2.45) is 0 Å². The van der Waals surface area contributed by atoms with E-state index < -0.39 is 17.8 Å². The van der Waals surface area contributed by atoms with Crippen molar-refractivity contribution in [1.82, 2.24) is 14.5 Å². The molecule has 5 aromatic rings. The monoisotopic (exact) mass is 584 g/mol. The maximum Gasteiger partial charge on any atom is 0.416 e. The molecule has 0 radical (unpaired) electrons. The predicted molar refractivity (Wildman–Crippen MR) is 160 cm³/mol. The van der Waals surface area contributed by atoms with Crippen LogP contribution in [0.15, 0.2) is 103 Å². The summed E-state index contributed by atoms with van der Waals surface area (Å²) >= 11 is 0. The largest absolute Gasteiger partial charge is 0.483 e. The van der Waals surface area contributed by atoms with Gasteiger partial charge in [-0.1, -0.05) is 48.5 Å². The Hall–Kier alpha value is -4.79. The van der Waals surface area contributed by atoms with E-state index in [-0.39, 0.29) is 5.91 Å². The minimum Gasteiger partial charge on any atom is -0.483 e. The Labute approximate surface area is 247 Å². The van der Waals surface area contributed by atoms with E-state index in [9.17, 15) is 18.0 Å². The second-order valence-electron chi connectivity index (χ2n) is 10.6. The van der Waals surface area contributed by atoms with Crippen molar-refractivity contribution in [3.8, 4) is 5.75 Å². The summed E-state index contributed by atoms with van der Waals surface area (Å²) in [4.78, 5) is 22.0. The van der Waals surface area contributed by atoms with Crippen LogP contribution in [0.25, 0.3) is 11.0 Å². The van der Waals surface area contributed by atoms with Gasteiger partial charge < -0.3 is 19.1 Å². The second kappa shape index (κ2) is 11.8. The minimum absolute atomic E-state index is 0.0300. The average molecular weight is 585 g/mol. The summed E-state index contributed by atoms with van der Waals surface area (Å²) in [5, 5.41) is 0. The van der Waals surface area contributed by atoms with Crippen LogP contribution >= 0.6 is 0 Å². The zero-order valence-electron chi connectivity index (χ0n) is 23.7. The number of fused-ring (bicyclic) bond motifs is 1. The predicted octanol–water partition coefficient (Wildman–Crippen LogP) is 7.21. The Morgan fingerprint density at radius 2 is 1.51 bits per heavy atom. The first-order valence-corrected chi connectivity index (χ1v) is 14.2. The van der Waals surface area contributed by atoms with E-state index in [0.717, 1.165) is 34.4 Å². The van der Waals surface area contributed by atoms with Crippen LogP contribution in [0.5, 0.6) is 5.75 Å². The van der Waals surface area contributed by atoms with Crippen molar-refractivity contribution >= 4 is 22.6 Å². The van der Waals surface area contributed by atoms with Gasteiger partial charge in [-0.15, -0.1) is 0 Å². The zero-order valence-corrected chi connectivity index (χ0v) is 23.7. The highest BCUT2D eigenvalue weighted by Gasteiger charge is 2.30. The molecular formula is C34H31F3N4O2. The van der Waals surface area contributed by atoms with E-state index in [2.05, 4.69) is 11.0 Å². The molecule has 1 aliphatic rings. The molecule has 1 saturated heterocycles. The molecule has 6 rings (SSSR count). The molecule has 0 spiro atoms. The maximum atomic E-state index is 13.2. The number of anilines is 1. The highest BCUT2D eigenvalue weighted by atomic mass is 19.4. The Morgan fingerprint density at radius 3 is 2.16 bits per heavy atom. The fraction of sp³-hybridized carbons (Fsp3) is 0.235. The molecular weight excluding hydrogens is 553 g/mol. The molecule has 220 valence electrons. The van der Waals surface area contributed by atoms with Crippen LogP contribution in [0.4, 0.5) is 18.9 Å². The summed E-state index contributed by atoms with van der Waals surface area (Å²) in [6.45, 7) is 4.80. The highest BCUT2D eigenvalue weighted by Crippen LogP contribution is 2.32. The number of rotatable bonds is 7. The highest BCUT2D eigenvalue weighted by molar-refractivity contribution is 5.94. The van der Waals surface area contributed by atoms with E-state index in [0.29, 0.717) is 49.9 Å². The molecule has 9 heteroatoms. The fourth-order valence-electron chi connectivity index (χ4n) is 5.47. The van der Waals surface area contributed by atoms with Gasteiger partial charge in [-0.2, -0.15) is 13.2 Å². The van der Waals surface area contributed by atoms with E-state index in [1.165, 1.54) is 12.1 Å². The molecule has 43 heavy (non-hydrogen) atoms. The molecule has 6 nitrogen and oxygen atoms in total. The first kappa shape index (κ1) is 28.3. The van der Waals surface area contributed by atoms with Crippen LogP contribution < -0.4 is 9.64 Å². The quantitative estimate of drug-likeness (QED) is 0.203. The molecule has 0 bridgehead atoms. The van der Waals surface area contributed by atoms with Crippen LogP contribution in [0.3, 0.4) is 0 Å². The number of halogens is 3. The van der Waals surface area contributed by atoms with Crippen LogP contribution in [-0.4, -0.2) is 46.5 Å². The third kappa shape index (κ3) is 6.21. The van der Waals surface area contributed by atoms with Gasteiger partial charge in [-0.25, -0.2) is 4.98 Å². The van der Waals surface area contributed by atoms with Crippen LogP contribution in [-0.2, 0) is 12.7 Å². The van der Waals surface area contributed by atoms with E-state index in [4.69, 9.17) is 9.72 Å². The van der Waals surface area contributed by atoms with Gasteiger partial charge in [0.15, 0.2) is 11.9 Å². The summed E-state index contributed by atoms with van der Waals surface area (Å²) in [5.74, 6) is 1.41. The van der Waals surface area contributed by atoms with Gasteiger partial charge in [0.05, 0.1) is 16.6 Å². The number of alkyl halides is 3. The summed E-state index contributed by atoms with van der Waals surface area (Å²) < 4.78 is 47.8. The lowest BCUT2D eigenvalue weighted by atomic mass is 10.1. The van der Waals surface area contributed by atoms with Crippen molar-refractivity contribution in [2.75, 3.05) is 31.1 Å². The first-order chi connectivity index (χ1) is 20.8. The number of nitrogens with zero attached hydrogens (tertiary/aromatic N) is 4. The van der Waals surface area contributed by atoms with Gasteiger partial charge in [-0.3, -0.25) is 4.79 Å². The molecule has 1 fully saturated rings. The Balaban J connectivity index is 1.28. The summed E-state index contributed by atoms with van der Waals surface area (Å²) in [6, 6.07) is 30.1. The number of para-hydroxylation sites is 1. The van der Waals surface area contributed by atoms with E-state index in [1.54, 1.807) is 0 Å². The van der Waals surface area contributed by atoms with Crippen molar-refractivity contribution < 1.29 is 22.7 Å². The second-order valence-corrected chi connectivity index (χ2v) is 10.6. The number of imidazole rings is 1. The van der Waals surface area contributed by atoms with E-state index >= 15 is 0 Å². The van der Waals surface area contributed by atoms with Crippen molar-refractivity contribution in [3.05, 3.63) is 126 Å². The Kier molecular flexibility index (Phi) is 7.80. The molecule has 0 saturated carbocycles. The number of aromatic nitrogens is 2. The maximum absolute atomic E-state index is 13.2. The van der Waals surface area contributed by atoms with Gasteiger partial charge >= 0.3 is 6.18 Å². The Morgan fingerprint density at radius 1 is 0.860 bits per heavy atom. The molecule has 1 aromatic heterocycles. The standard InChI is InChI=1S/C34H31F3N4O2/c1-24(43-29-10-6-3-7-11-29)32-38-30-17-16-28(39-18-20-40(21-19-39)33(42)26-8-4-2-5-9-26)22-31(30)41(32)23-25-12-14-27(15-13-25)34(35,36)37/h2-17,22,24H,18-21,23H2,1H3. The number of ether oxygens (including phenoxy) is 1. The van der Waals surface area contributed by atoms with Crippen molar-refractivity contribution in [3.63, 3.8) is 0 Å². The lowest BCUT2D eigenvalue weighted by Gasteiger charge is -2.36. The minimum atomic E-state index is -4.39. The van der Waals surface area contributed by atoms with Gasteiger partial charge in [-0.05, 0) is 67.1 Å². The molecule has 1 unspecified atom stereocenters. The van der Waals surface area contributed by atoms with Crippen LogP contribution in [0.2, 0.25) is 0 Å². The SMILES string of the molecule is CC(Oc1ccccc1)c1nc2ccc(N3CCN(C(=O)c4ccccc4)CC3)cc2n1Cc1ccc(C(F)(F)F)cc1. The van der Waals surface area contributed by atoms with E-state index in [1.807, 2.05) is 89.2 Å². The molecule has 2 heterocycles. The van der Waals surface area contributed by atoms with Crippen molar-refractivity contribution in [1.29, 1.82) is 0 Å². The number of carbonyl (C=O) groups excluding carboxylic acids is 1. The van der Waals surface area contributed by atoms with Gasteiger partial charge in [0.25, 0.3) is 5.91 Å². The summed E-state index contributed by atoms with van der Waals surface area (Å²) in [6.07, 6.45) is -4.81. The number of hydrogen-bond donors (Lipinski definition) is 0. The molecule has 4 aromatic carbocycles. The number of amides is 1. The fourth-order valence-corrected chi connectivity index (χ4v) is 5.47. The molecule has 1 atom stereocenters. The van der Waals surface area contributed by atoms with Crippen LogP contribution in [0, 0.1) is 0 Å². The third-order valence-corrected chi connectivity index (χ3v) is 7.76. The lowest BCUT2D eigenvalue weighted by molar-refractivity contribution is -0.137. The molecule has 0 N–H and O–H groups in total. The first-order valence-electron chi connectivity index (χ1n) is 14.2. The molecule has 0 aliphatic carbocycles. The molecule has 1 amide bonds. The average Bonchev–Trinajstić information content (AvgIpc) is 3.39. The van der Waals surface area contributed by atoms with Gasteiger partial charge in [0.1, 0.15) is 5.75 Å². The number of hydrogen-bond acceptors (Lipinski definition) is 4. The topological polar surface area (TPSA) is 50.6 Å². The number of carbonyl (C=O) groups is 1. The normalized spacial score (nSPS) is 14.6. The summed E-state index contributed by atoms with van der Waals surface area (Å²) in [7, 11) is 0. The molecule has 1 aliphatic heterocycles. The third-order valence-electron chi connectivity index (χ3n) is 7.76. The van der Waals surface area contributed by atoms with Crippen LogP contribution in [0.1, 0.15) is 40.3 Å². The van der Waals surface area contributed by atoms with Crippen molar-refractivity contribution in [2.45, 2.75) is 25.7 Å². The van der Waals surface area contributed by atoms with Gasteiger partial charge in [0, 0.05) is 44.0 Å².